The highest BCUT2D eigenvalue weighted by atomic mass is 32.1. The molecule has 0 aromatic carbocycles. The maximum Gasteiger partial charge on any atom is 0.314 e. The summed E-state index contributed by atoms with van der Waals surface area (Å²) in [5.74, 6) is -1.23. The Morgan fingerprint density at radius 1 is 1.42 bits per heavy atom. The van der Waals surface area contributed by atoms with Gasteiger partial charge in [0.2, 0.25) is 0 Å². The van der Waals surface area contributed by atoms with Crippen LogP contribution >= 0.6 is 11.3 Å². The van der Waals surface area contributed by atoms with Gasteiger partial charge in [-0.05, 0) is 18.4 Å². The lowest BCUT2D eigenvalue weighted by Gasteiger charge is -2.12. The lowest BCUT2D eigenvalue weighted by molar-refractivity contribution is -0.136. The lowest BCUT2D eigenvalue weighted by Crippen LogP contribution is -2.41. The molecule has 0 spiro atoms. The predicted molar refractivity (Wildman–Crippen MR) is 70.8 cm³/mol. The molecule has 0 aliphatic rings. The third-order valence-electron chi connectivity index (χ3n) is 2.35. The van der Waals surface area contributed by atoms with Gasteiger partial charge in [-0.2, -0.15) is 0 Å². The summed E-state index contributed by atoms with van der Waals surface area (Å²) >= 11 is 1.62. The third kappa shape index (κ3) is 3.92. The molecule has 1 atom stereocenters. The molecule has 2 rings (SSSR count). The first kappa shape index (κ1) is 13.3. The highest BCUT2D eigenvalue weighted by Gasteiger charge is 2.17. The number of hydrogen-bond acceptors (Lipinski definition) is 5. The van der Waals surface area contributed by atoms with E-state index < -0.39 is 11.8 Å². The number of nitrogens with one attached hydrogen (secondary N) is 2. The lowest BCUT2D eigenvalue weighted by atomic mass is 10.2. The van der Waals surface area contributed by atoms with E-state index in [0.29, 0.717) is 6.42 Å². The van der Waals surface area contributed by atoms with Crippen molar-refractivity contribution in [2.45, 2.75) is 19.4 Å². The molecule has 2 aromatic rings. The molecule has 0 radical (unpaired) electrons. The van der Waals surface area contributed by atoms with Gasteiger partial charge >= 0.3 is 11.8 Å². The monoisotopic (exact) mass is 279 g/mol. The first-order valence-electron chi connectivity index (χ1n) is 5.70. The summed E-state index contributed by atoms with van der Waals surface area (Å²) in [5.41, 5.74) is 0. The van der Waals surface area contributed by atoms with Gasteiger partial charge in [0.15, 0.2) is 5.82 Å². The molecular formula is C12H13N3O3S. The van der Waals surface area contributed by atoms with Gasteiger partial charge in [0.25, 0.3) is 0 Å². The van der Waals surface area contributed by atoms with Crippen molar-refractivity contribution in [1.29, 1.82) is 0 Å². The fraction of sp³-hybridized carbons (Fsp3) is 0.250. The summed E-state index contributed by atoms with van der Waals surface area (Å²) in [7, 11) is 0. The summed E-state index contributed by atoms with van der Waals surface area (Å²) in [5, 5.41) is 10.4. The second-order valence-corrected chi connectivity index (χ2v) is 5.03. The zero-order chi connectivity index (χ0) is 13.7. The second-order valence-electron chi connectivity index (χ2n) is 4.00. The van der Waals surface area contributed by atoms with E-state index in [1.165, 1.54) is 12.3 Å². The Kier molecular flexibility index (Phi) is 4.30. The zero-order valence-electron chi connectivity index (χ0n) is 10.3. The molecule has 0 aliphatic heterocycles. The molecule has 19 heavy (non-hydrogen) atoms. The summed E-state index contributed by atoms with van der Waals surface area (Å²) < 4.78 is 4.55. The largest absolute Gasteiger partial charge is 0.363 e. The number of nitrogens with zero attached hydrogens (tertiary/aromatic N) is 1. The normalized spacial score (nSPS) is 11.8. The van der Waals surface area contributed by atoms with Crippen LogP contribution in [0.4, 0.5) is 5.82 Å². The Labute approximate surface area is 113 Å². The van der Waals surface area contributed by atoms with Gasteiger partial charge in [-0.1, -0.05) is 11.2 Å². The average Bonchev–Trinajstić information content (AvgIpc) is 3.01. The Morgan fingerprint density at radius 3 is 2.89 bits per heavy atom. The van der Waals surface area contributed by atoms with Crippen LogP contribution in [-0.4, -0.2) is 23.0 Å². The van der Waals surface area contributed by atoms with E-state index in [4.69, 9.17) is 0 Å². The van der Waals surface area contributed by atoms with Gasteiger partial charge < -0.3 is 9.84 Å². The van der Waals surface area contributed by atoms with E-state index in [1.54, 1.807) is 11.3 Å². The van der Waals surface area contributed by atoms with E-state index >= 15 is 0 Å². The van der Waals surface area contributed by atoms with E-state index in [1.807, 2.05) is 24.4 Å². The molecule has 0 bridgehead atoms. The molecule has 0 saturated carbocycles. The minimum atomic E-state index is -0.757. The molecule has 2 N–H and O–H groups in total. The smallest absolute Gasteiger partial charge is 0.314 e. The SMILES string of the molecule is C[C@H](Cc1cccs1)NC(=O)C(=O)Nc1ccon1. The van der Waals surface area contributed by atoms with Crippen LogP contribution in [0, 0.1) is 0 Å². The summed E-state index contributed by atoms with van der Waals surface area (Å²) in [6.07, 6.45) is 2.01. The summed E-state index contributed by atoms with van der Waals surface area (Å²) in [6.45, 7) is 1.85. The van der Waals surface area contributed by atoms with Gasteiger partial charge in [0, 0.05) is 23.4 Å². The number of amides is 2. The first-order valence-corrected chi connectivity index (χ1v) is 6.57. The van der Waals surface area contributed by atoms with Gasteiger partial charge in [-0.15, -0.1) is 11.3 Å². The first-order chi connectivity index (χ1) is 9.15. The molecule has 0 saturated heterocycles. The minimum absolute atomic E-state index is 0.116. The maximum absolute atomic E-state index is 11.6. The number of carbonyl (C=O) groups excluding carboxylic acids is 2. The van der Waals surface area contributed by atoms with Crippen LogP contribution in [0.25, 0.3) is 0 Å². The van der Waals surface area contributed by atoms with E-state index in [2.05, 4.69) is 20.3 Å². The Hall–Kier alpha value is -2.15. The van der Waals surface area contributed by atoms with Crippen molar-refractivity contribution in [1.82, 2.24) is 10.5 Å². The number of carbonyl (C=O) groups is 2. The molecular weight excluding hydrogens is 266 g/mol. The zero-order valence-corrected chi connectivity index (χ0v) is 11.1. The van der Waals surface area contributed by atoms with Crippen LogP contribution in [0.5, 0.6) is 0 Å². The van der Waals surface area contributed by atoms with Crippen molar-refractivity contribution in [3.63, 3.8) is 0 Å². The van der Waals surface area contributed by atoms with Crippen LogP contribution in [0.2, 0.25) is 0 Å². The van der Waals surface area contributed by atoms with Gasteiger partial charge in [0.1, 0.15) is 6.26 Å². The molecule has 2 aromatic heterocycles. The van der Waals surface area contributed by atoms with E-state index in [-0.39, 0.29) is 11.9 Å². The number of hydrogen-bond donors (Lipinski definition) is 2. The van der Waals surface area contributed by atoms with Gasteiger partial charge in [-0.3, -0.25) is 14.9 Å². The quantitative estimate of drug-likeness (QED) is 0.829. The van der Waals surface area contributed by atoms with Crippen molar-refractivity contribution in [3.05, 3.63) is 34.7 Å². The minimum Gasteiger partial charge on any atom is -0.363 e. The molecule has 2 amide bonds. The Balaban J connectivity index is 1.81. The summed E-state index contributed by atoms with van der Waals surface area (Å²) in [6, 6.07) is 5.28. The topological polar surface area (TPSA) is 84.2 Å². The fourth-order valence-corrected chi connectivity index (χ4v) is 2.36. The molecule has 7 heteroatoms. The van der Waals surface area contributed by atoms with Gasteiger partial charge in [-0.25, -0.2) is 0 Å². The van der Waals surface area contributed by atoms with E-state index in [9.17, 15) is 9.59 Å². The maximum atomic E-state index is 11.6. The third-order valence-corrected chi connectivity index (χ3v) is 3.25. The highest BCUT2D eigenvalue weighted by Crippen LogP contribution is 2.10. The fourth-order valence-electron chi connectivity index (χ4n) is 1.52. The molecule has 0 fully saturated rings. The van der Waals surface area contributed by atoms with Crippen LogP contribution in [-0.2, 0) is 16.0 Å². The number of anilines is 1. The molecule has 100 valence electrons. The van der Waals surface area contributed by atoms with Crippen molar-refractivity contribution in [2.75, 3.05) is 5.32 Å². The highest BCUT2D eigenvalue weighted by molar-refractivity contribution is 7.09. The van der Waals surface area contributed by atoms with Crippen LogP contribution in [0.15, 0.2) is 34.4 Å². The standard InChI is InChI=1S/C12H13N3O3S/c1-8(7-9-3-2-6-19-9)13-11(16)12(17)14-10-4-5-18-15-10/h2-6,8H,7H2,1H3,(H,13,16)(H,14,15,17)/t8-/m1/s1. The van der Waals surface area contributed by atoms with Crippen molar-refractivity contribution in [3.8, 4) is 0 Å². The molecule has 0 unspecified atom stereocenters. The van der Waals surface area contributed by atoms with Crippen molar-refractivity contribution >= 4 is 29.0 Å². The predicted octanol–water partition coefficient (Wildman–Crippen LogP) is 1.42. The van der Waals surface area contributed by atoms with E-state index in [0.717, 1.165) is 4.88 Å². The van der Waals surface area contributed by atoms with Crippen LogP contribution in [0.3, 0.4) is 0 Å². The molecule has 2 heterocycles. The summed E-state index contributed by atoms with van der Waals surface area (Å²) in [4.78, 5) is 24.3. The Morgan fingerprint density at radius 2 is 2.26 bits per heavy atom. The van der Waals surface area contributed by atoms with Gasteiger partial charge in [0.05, 0.1) is 0 Å². The number of rotatable bonds is 4. The molecule has 6 nitrogen and oxygen atoms in total. The second kappa shape index (κ2) is 6.14. The number of aromatic nitrogens is 1. The van der Waals surface area contributed by atoms with Crippen LogP contribution < -0.4 is 10.6 Å². The number of thiophene rings is 1. The Bertz CT molecular complexity index is 537. The van der Waals surface area contributed by atoms with Crippen molar-refractivity contribution < 1.29 is 14.1 Å². The van der Waals surface area contributed by atoms with Crippen LogP contribution in [0.1, 0.15) is 11.8 Å². The average molecular weight is 279 g/mol. The molecule has 0 aliphatic carbocycles. The van der Waals surface area contributed by atoms with Crippen molar-refractivity contribution in [2.24, 2.45) is 0 Å².